The van der Waals surface area contributed by atoms with Crippen LogP contribution in [0.25, 0.3) is 0 Å². The Morgan fingerprint density at radius 3 is 2.83 bits per heavy atom. The average Bonchev–Trinajstić information content (AvgIpc) is 2.93. The van der Waals surface area contributed by atoms with Crippen LogP contribution in [0.1, 0.15) is 36.0 Å². The standard InChI is InChI=1S/C13H18N4O/c14-10-6-16-12(5-9(10)13(15)18)17-11-4-7-1-2-8(11)3-7/h5-8,11H,1-4,14H2,(H2,15,18)(H,16,17). The Bertz CT molecular complexity index is 488. The maximum absolute atomic E-state index is 11.2. The highest BCUT2D eigenvalue weighted by Crippen LogP contribution is 2.45. The van der Waals surface area contributed by atoms with Crippen molar-refractivity contribution >= 4 is 17.4 Å². The number of nitrogens with zero attached hydrogens (tertiary/aromatic N) is 1. The number of nitrogens with two attached hydrogens (primary N) is 2. The Balaban J connectivity index is 1.77. The van der Waals surface area contributed by atoms with Gasteiger partial charge in [0.25, 0.3) is 5.91 Å². The molecule has 5 N–H and O–H groups in total. The molecule has 3 unspecified atom stereocenters. The molecule has 0 aromatic carbocycles. The Kier molecular flexibility index (Phi) is 2.61. The summed E-state index contributed by atoms with van der Waals surface area (Å²) in [5.41, 5.74) is 11.6. The molecule has 0 saturated heterocycles. The van der Waals surface area contributed by atoms with E-state index in [0.717, 1.165) is 11.8 Å². The number of nitrogen functional groups attached to an aromatic ring is 1. The van der Waals surface area contributed by atoms with E-state index in [-0.39, 0.29) is 0 Å². The van der Waals surface area contributed by atoms with Gasteiger partial charge in [0.05, 0.1) is 17.4 Å². The molecule has 0 radical (unpaired) electrons. The first-order valence-corrected chi connectivity index (χ1v) is 6.45. The van der Waals surface area contributed by atoms with Gasteiger partial charge < -0.3 is 16.8 Å². The van der Waals surface area contributed by atoms with Gasteiger partial charge in [-0.15, -0.1) is 0 Å². The molecule has 1 aromatic heterocycles. The van der Waals surface area contributed by atoms with Crippen LogP contribution in [0, 0.1) is 11.8 Å². The molecule has 2 fully saturated rings. The molecule has 1 amide bonds. The number of amides is 1. The highest BCUT2D eigenvalue weighted by molar-refractivity contribution is 5.98. The van der Waals surface area contributed by atoms with E-state index in [1.807, 2.05) is 0 Å². The molecule has 2 bridgehead atoms. The number of hydrogen-bond acceptors (Lipinski definition) is 4. The summed E-state index contributed by atoms with van der Waals surface area (Å²) in [6.07, 6.45) is 6.71. The fraction of sp³-hybridized carbons (Fsp3) is 0.538. The number of anilines is 2. The first-order valence-electron chi connectivity index (χ1n) is 6.45. The lowest BCUT2D eigenvalue weighted by Crippen LogP contribution is -2.26. The quantitative estimate of drug-likeness (QED) is 0.750. The van der Waals surface area contributed by atoms with Crippen LogP contribution in [0.5, 0.6) is 0 Å². The van der Waals surface area contributed by atoms with Crippen molar-refractivity contribution in [2.45, 2.75) is 31.7 Å². The summed E-state index contributed by atoms with van der Waals surface area (Å²) >= 11 is 0. The number of pyridine rings is 1. The van der Waals surface area contributed by atoms with Crippen LogP contribution in [0.4, 0.5) is 11.5 Å². The number of hydrogen-bond donors (Lipinski definition) is 3. The molecule has 0 spiro atoms. The molecular weight excluding hydrogens is 228 g/mol. The molecule has 2 aliphatic rings. The molecular formula is C13H18N4O. The SMILES string of the molecule is NC(=O)c1cc(NC2CC3CCC2C3)ncc1N. The topological polar surface area (TPSA) is 94.0 Å². The van der Waals surface area contributed by atoms with Crippen LogP contribution in [0.3, 0.4) is 0 Å². The van der Waals surface area contributed by atoms with Crippen molar-refractivity contribution < 1.29 is 4.79 Å². The lowest BCUT2D eigenvalue weighted by Gasteiger charge is -2.23. The Hall–Kier alpha value is -1.78. The number of carbonyl (C=O) groups is 1. The molecule has 1 aromatic rings. The fourth-order valence-electron chi connectivity index (χ4n) is 3.37. The van der Waals surface area contributed by atoms with E-state index in [4.69, 9.17) is 11.5 Å². The van der Waals surface area contributed by atoms with Crippen molar-refractivity contribution in [3.8, 4) is 0 Å². The summed E-state index contributed by atoms with van der Waals surface area (Å²) in [6.45, 7) is 0. The van der Waals surface area contributed by atoms with Crippen molar-refractivity contribution in [1.82, 2.24) is 4.98 Å². The summed E-state index contributed by atoms with van der Waals surface area (Å²) in [6, 6.07) is 2.14. The third-order valence-corrected chi connectivity index (χ3v) is 4.27. The van der Waals surface area contributed by atoms with Gasteiger partial charge in [-0.3, -0.25) is 4.79 Å². The average molecular weight is 246 g/mol. The number of primary amides is 1. The minimum Gasteiger partial charge on any atom is -0.397 e. The minimum atomic E-state index is -0.508. The molecule has 1 heterocycles. The molecule has 2 saturated carbocycles. The van der Waals surface area contributed by atoms with E-state index in [9.17, 15) is 4.79 Å². The van der Waals surface area contributed by atoms with Gasteiger partial charge in [0.15, 0.2) is 0 Å². The third kappa shape index (κ3) is 1.89. The predicted molar refractivity (Wildman–Crippen MR) is 70.0 cm³/mol. The van der Waals surface area contributed by atoms with E-state index in [2.05, 4.69) is 10.3 Å². The normalized spacial score (nSPS) is 29.4. The Morgan fingerprint density at radius 1 is 1.39 bits per heavy atom. The van der Waals surface area contributed by atoms with Gasteiger partial charge in [0.2, 0.25) is 0 Å². The highest BCUT2D eigenvalue weighted by Gasteiger charge is 2.39. The number of carbonyl (C=O) groups excluding carboxylic acids is 1. The molecule has 3 rings (SSSR count). The van der Waals surface area contributed by atoms with Gasteiger partial charge in [-0.1, -0.05) is 6.42 Å². The Morgan fingerprint density at radius 2 is 2.22 bits per heavy atom. The zero-order valence-corrected chi connectivity index (χ0v) is 10.2. The van der Waals surface area contributed by atoms with Crippen LogP contribution in [-0.2, 0) is 0 Å². The molecule has 96 valence electrons. The van der Waals surface area contributed by atoms with Crippen LogP contribution in [-0.4, -0.2) is 16.9 Å². The zero-order valence-electron chi connectivity index (χ0n) is 10.2. The number of fused-ring (bicyclic) bond motifs is 2. The monoisotopic (exact) mass is 246 g/mol. The van der Waals surface area contributed by atoms with Crippen LogP contribution >= 0.6 is 0 Å². The lowest BCUT2D eigenvalue weighted by atomic mass is 9.95. The molecule has 5 heteroatoms. The summed E-state index contributed by atoms with van der Waals surface area (Å²) in [7, 11) is 0. The van der Waals surface area contributed by atoms with Gasteiger partial charge in [0, 0.05) is 6.04 Å². The van der Waals surface area contributed by atoms with Crippen LogP contribution in [0.15, 0.2) is 12.3 Å². The molecule has 5 nitrogen and oxygen atoms in total. The van der Waals surface area contributed by atoms with Gasteiger partial charge >= 0.3 is 0 Å². The van der Waals surface area contributed by atoms with Crippen molar-refractivity contribution in [1.29, 1.82) is 0 Å². The first-order chi connectivity index (χ1) is 8.63. The van der Waals surface area contributed by atoms with E-state index in [0.29, 0.717) is 23.1 Å². The van der Waals surface area contributed by atoms with Crippen molar-refractivity contribution in [2.24, 2.45) is 17.6 Å². The van der Waals surface area contributed by atoms with Gasteiger partial charge in [0.1, 0.15) is 5.82 Å². The molecule has 2 aliphatic carbocycles. The Labute approximate surface area is 106 Å². The van der Waals surface area contributed by atoms with Crippen LogP contribution in [0.2, 0.25) is 0 Å². The number of nitrogens with one attached hydrogen (secondary N) is 1. The minimum absolute atomic E-state index is 0.334. The lowest BCUT2D eigenvalue weighted by molar-refractivity contribution is 0.100. The number of rotatable bonds is 3. The van der Waals surface area contributed by atoms with Crippen molar-refractivity contribution in [3.05, 3.63) is 17.8 Å². The summed E-state index contributed by atoms with van der Waals surface area (Å²) < 4.78 is 0. The summed E-state index contributed by atoms with van der Waals surface area (Å²) in [5, 5.41) is 3.42. The second kappa shape index (κ2) is 4.15. The van der Waals surface area contributed by atoms with E-state index in [1.54, 1.807) is 6.07 Å². The smallest absolute Gasteiger partial charge is 0.250 e. The summed E-state index contributed by atoms with van der Waals surface area (Å²) in [5.74, 6) is 1.82. The highest BCUT2D eigenvalue weighted by atomic mass is 16.1. The zero-order chi connectivity index (χ0) is 12.7. The molecule has 18 heavy (non-hydrogen) atoms. The maximum Gasteiger partial charge on any atom is 0.250 e. The fourth-order valence-corrected chi connectivity index (χ4v) is 3.37. The summed E-state index contributed by atoms with van der Waals surface area (Å²) in [4.78, 5) is 15.4. The number of aromatic nitrogens is 1. The molecule has 3 atom stereocenters. The van der Waals surface area contributed by atoms with Crippen LogP contribution < -0.4 is 16.8 Å². The third-order valence-electron chi connectivity index (χ3n) is 4.27. The predicted octanol–water partition coefficient (Wildman–Crippen LogP) is 1.36. The van der Waals surface area contributed by atoms with Crippen molar-refractivity contribution in [3.63, 3.8) is 0 Å². The maximum atomic E-state index is 11.2. The van der Waals surface area contributed by atoms with E-state index >= 15 is 0 Å². The second-order valence-electron chi connectivity index (χ2n) is 5.45. The van der Waals surface area contributed by atoms with Crippen molar-refractivity contribution in [2.75, 3.05) is 11.1 Å². The van der Waals surface area contributed by atoms with Gasteiger partial charge in [-0.05, 0) is 37.2 Å². The van der Waals surface area contributed by atoms with E-state index in [1.165, 1.54) is 31.9 Å². The largest absolute Gasteiger partial charge is 0.397 e. The molecule has 0 aliphatic heterocycles. The van der Waals surface area contributed by atoms with E-state index < -0.39 is 5.91 Å². The van der Waals surface area contributed by atoms with Gasteiger partial charge in [-0.2, -0.15) is 0 Å². The first kappa shape index (κ1) is 11.3. The van der Waals surface area contributed by atoms with Gasteiger partial charge in [-0.25, -0.2) is 4.98 Å². The second-order valence-corrected chi connectivity index (χ2v) is 5.45.